The molecule has 2 rings (SSSR count). The first-order valence-corrected chi connectivity index (χ1v) is 7.08. The van der Waals surface area contributed by atoms with Crippen LogP contribution in [0, 0.1) is 5.82 Å². The van der Waals surface area contributed by atoms with Gasteiger partial charge in [-0.1, -0.05) is 48.5 Å². The first-order valence-electron chi connectivity index (χ1n) is 7.08. The Labute approximate surface area is 124 Å². The van der Waals surface area contributed by atoms with Crippen LogP contribution in [0.1, 0.15) is 11.1 Å². The molecule has 0 spiro atoms. The quantitative estimate of drug-likeness (QED) is 0.729. The van der Waals surface area contributed by atoms with E-state index in [1.54, 1.807) is 18.2 Å². The SMILES string of the molecule is NC(Cc1ccccc1)[C@@H](O)CNCc1ccccc1F. The van der Waals surface area contributed by atoms with Crippen molar-refractivity contribution in [2.75, 3.05) is 6.54 Å². The zero-order valence-electron chi connectivity index (χ0n) is 11.9. The number of rotatable bonds is 7. The van der Waals surface area contributed by atoms with Crippen molar-refractivity contribution >= 4 is 0 Å². The van der Waals surface area contributed by atoms with E-state index in [4.69, 9.17) is 5.73 Å². The third kappa shape index (κ3) is 4.93. The zero-order chi connectivity index (χ0) is 15.1. The van der Waals surface area contributed by atoms with Crippen LogP contribution in [0.4, 0.5) is 4.39 Å². The minimum absolute atomic E-state index is 0.243. The minimum atomic E-state index is -0.669. The van der Waals surface area contributed by atoms with Gasteiger partial charge in [0.25, 0.3) is 0 Å². The van der Waals surface area contributed by atoms with Crippen molar-refractivity contribution in [3.05, 3.63) is 71.5 Å². The van der Waals surface area contributed by atoms with Gasteiger partial charge in [-0.05, 0) is 18.1 Å². The molecule has 21 heavy (non-hydrogen) atoms. The van der Waals surface area contributed by atoms with Crippen molar-refractivity contribution < 1.29 is 9.50 Å². The molecule has 0 fully saturated rings. The zero-order valence-corrected chi connectivity index (χ0v) is 11.9. The lowest BCUT2D eigenvalue weighted by atomic mass is 10.0. The van der Waals surface area contributed by atoms with E-state index in [0.717, 1.165) is 5.56 Å². The Morgan fingerprint density at radius 2 is 1.71 bits per heavy atom. The number of hydrogen-bond acceptors (Lipinski definition) is 3. The maximum Gasteiger partial charge on any atom is 0.127 e. The lowest BCUT2D eigenvalue weighted by Gasteiger charge is -2.19. The standard InChI is InChI=1S/C17H21FN2O/c18-15-9-5-4-8-14(15)11-20-12-17(21)16(19)10-13-6-2-1-3-7-13/h1-9,16-17,20-21H,10-12,19H2/t16?,17-/m0/s1. The fourth-order valence-electron chi connectivity index (χ4n) is 2.17. The van der Waals surface area contributed by atoms with E-state index in [9.17, 15) is 9.50 Å². The summed E-state index contributed by atoms with van der Waals surface area (Å²) in [4.78, 5) is 0. The Balaban J connectivity index is 1.76. The molecule has 4 heteroatoms. The molecular weight excluding hydrogens is 267 g/mol. The summed E-state index contributed by atoms with van der Waals surface area (Å²) in [5, 5.41) is 13.1. The average Bonchev–Trinajstić information content (AvgIpc) is 2.50. The second-order valence-electron chi connectivity index (χ2n) is 5.14. The van der Waals surface area contributed by atoms with Crippen molar-refractivity contribution in [1.82, 2.24) is 5.32 Å². The minimum Gasteiger partial charge on any atom is -0.390 e. The topological polar surface area (TPSA) is 58.3 Å². The lowest BCUT2D eigenvalue weighted by molar-refractivity contribution is 0.141. The van der Waals surface area contributed by atoms with Crippen molar-refractivity contribution in [1.29, 1.82) is 0 Å². The van der Waals surface area contributed by atoms with Gasteiger partial charge in [-0.25, -0.2) is 4.39 Å². The monoisotopic (exact) mass is 288 g/mol. The normalized spacial score (nSPS) is 13.9. The molecule has 0 bridgehead atoms. The molecule has 0 heterocycles. The van der Waals surface area contributed by atoms with E-state index in [-0.39, 0.29) is 11.9 Å². The van der Waals surface area contributed by atoms with Gasteiger partial charge in [0.15, 0.2) is 0 Å². The Morgan fingerprint density at radius 1 is 1.05 bits per heavy atom. The van der Waals surface area contributed by atoms with E-state index in [2.05, 4.69) is 5.32 Å². The third-order valence-corrected chi connectivity index (χ3v) is 3.44. The van der Waals surface area contributed by atoms with Crippen LogP contribution in [0.25, 0.3) is 0 Å². The van der Waals surface area contributed by atoms with Crippen molar-refractivity contribution in [3.8, 4) is 0 Å². The molecule has 0 aliphatic carbocycles. The fraction of sp³-hybridized carbons (Fsp3) is 0.294. The summed E-state index contributed by atoms with van der Waals surface area (Å²) in [5.74, 6) is -0.243. The van der Waals surface area contributed by atoms with E-state index < -0.39 is 6.10 Å². The predicted molar refractivity (Wildman–Crippen MR) is 82.2 cm³/mol. The summed E-state index contributed by atoms with van der Waals surface area (Å²) in [6.45, 7) is 0.712. The van der Waals surface area contributed by atoms with Crippen LogP contribution in [0.5, 0.6) is 0 Å². The maximum absolute atomic E-state index is 13.4. The number of aliphatic hydroxyl groups excluding tert-OH is 1. The van der Waals surface area contributed by atoms with E-state index in [0.29, 0.717) is 25.1 Å². The van der Waals surface area contributed by atoms with Crippen LogP contribution in [-0.4, -0.2) is 23.8 Å². The highest BCUT2D eigenvalue weighted by Gasteiger charge is 2.15. The maximum atomic E-state index is 13.4. The molecule has 0 radical (unpaired) electrons. The van der Waals surface area contributed by atoms with Crippen molar-refractivity contribution in [2.24, 2.45) is 5.73 Å². The Kier molecular flexibility index (Phi) is 5.87. The second-order valence-corrected chi connectivity index (χ2v) is 5.14. The molecule has 3 nitrogen and oxygen atoms in total. The molecule has 0 amide bonds. The van der Waals surface area contributed by atoms with Gasteiger partial charge in [0.1, 0.15) is 5.82 Å². The first-order chi connectivity index (χ1) is 10.2. The van der Waals surface area contributed by atoms with Gasteiger partial charge in [0, 0.05) is 24.7 Å². The predicted octanol–water partition coefficient (Wildman–Crippen LogP) is 1.85. The molecule has 2 atom stereocenters. The summed E-state index contributed by atoms with van der Waals surface area (Å²) in [6, 6.07) is 16.1. The van der Waals surface area contributed by atoms with Gasteiger partial charge in [-0.3, -0.25) is 0 Å². The van der Waals surface area contributed by atoms with E-state index in [1.807, 2.05) is 30.3 Å². The van der Waals surface area contributed by atoms with Crippen molar-refractivity contribution in [2.45, 2.75) is 25.1 Å². The van der Waals surface area contributed by atoms with Crippen LogP contribution < -0.4 is 11.1 Å². The highest BCUT2D eigenvalue weighted by atomic mass is 19.1. The number of nitrogens with one attached hydrogen (secondary N) is 1. The van der Waals surface area contributed by atoms with Gasteiger partial charge in [0.2, 0.25) is 0 Å². The molecule has 2 aromatic rings. The molecule has 2 aromatic carbocycles. The Morgan fingerprint density at radius 3 is 2.43 bits per heavy atom. The molecule has 0 aromatic heterocycles. The van der Waals surface area contributed by atoms with Crippen LogP contribution in [-0.2, 0) is 13.0 Å². The van der Waals surface area contributed by atoms with Crippen LogP contribution in [0.15, 0.2) is 54.6 Å². The van der Waals surface area contributed by atoms with Gasteiger partial charge in [-0.2, -0.15) is 0 Å². The van der Waals surface area contributed by atoms with Gasteiger partial charge in [0.05, 0.1) is 6.10 Å². The molecule has 0 aliphatic rings. The molecule has 0 aliphatic heterocycles. The molecule has 4 N–H and O–H groups in total. The van der Waals surface area contributed by atoms with Crippen LogP contribution in [0.2, 0.25) is 0 Å². The van der Waals surface area contributed by atoms with Gasteiger partial charge in [-0.15, -0.1) is 0 Å². The summed E-state index contributed by atoms with van der Waals surface area (Å²) in [5.41, 5.74) is 7.67. The number of nitrogens with two attached hydrogens (primary N) is 1. The lowest BCUT2D eigenvalue weighted by Crippen LogP contribution is -2.43. The molecule has 0 saturated heterocycles. The highest BCUT2D eigenvalue weighted by Crippen LogP contribution is 2.07. The van der Waals surface area contributed by atoms with Crippen molar-refractivity contribution in [3.63, 3.8) is 0 Å². The number of aliphatic hydroxyl groups is 1. The first kappa shape index (κ1) is 15.6. The van der Waals surface area contributed by atoms with E-state index >= 15 is 0 Å². The number of hydrogen-bond donors (Lipinski definition) is 3. The Bertz CT molecular complexity index is 547. The molecular formula is C17H21FN2O. The number of halogens is 1. The highest BCUT2D eigenvalue weighted by molar-refractivity contribution is 5.17. The summed E-state index contributed by atoms with van der Waals surface area (Å²) >= 11 is 0. The van der Waals surface area contributed by atoms with Gasteiger partial charge < -0.3 is 16.2 Å². The van der Waals surface area contributed by atoms with Crippen LogP contribution >= 0.6 is 0 Å². The average molecular weight is 288 g/mol. The summed E-state index contributed by atoms with van der Waals surface area (Å²) in [7, 11) is 0. The number of benzene rings is 2. The smallest absolute Gasteiger partial charge is 0.127 e. The van der Waals surface area contributed by atoms with Crippen LogP contribution in [0.3, 0.4) is 0 Å². The third-order valence-electron chi connectivity index (χ3n) is 3.44. The van der Waals surface area contributed by atoms with E-state index in [1.165, 1.54) is 6.07 Å². The summed E-state index contributed by atoms with van der Waals surface area (Å²) < 4.78 is 13.4. The largest absolute Gasteiger partial charge is 0.390 e. The molecule has 112 valence electrons. The molecule has 1 unspecified atom stereocenters. The van der Waals surface area contributed by atoms with Gasteiger partial charge >= 0.3 is 0 Å². The summed E-state index contributed by atoms with van der Waals surface area (Å²) in [6.07, 6.45) is -0.0550. The Hall–Kier alpha value is -1.75. The molecule has 0 saturated carbocycles. The fourth-order valence-corrected chi connectivity index (χ4v) is 2.17. The second kappa shape index (κ2) is 7.88.